The number of Topliss-reactive ketones (excluding diaryl/α,β-unsaturated/α-hetero) is 3. The number of benzene rings is 2. The van der Waals surface area contributed by atoms with Crippen molar-refractivity contribution < 1.29 is 19.1 Å². The molecule has 0 fully saturated rings. The van der Waals surface area contributed by atoms with E-state index in [1.54, 1.807) is 24.3 Å². The zero-order chi connectivity index (χ0) is 21.2. The molecule has 0 saturated carbocycles. The van der Waals surface area contributed by atoms with E-state index >= 15 is 0 Å². The Balaban J connectivity index is 1.79. The largest absolute Gasteiger partial charge is 0.457 e. The Morgan fingerprint density at radius 2 is 1.50 bits per heavy atom. The van der Waals surface area contributed by atoms with Crippen molar-refractivity contribution >= 4 is 33.3 Å². The maximum atomic E-state index is 13.6. The van der Waals surface area contributed by atoms with Crippen LogP contribution in [0.3, 0.4) is 0 Å². The van der Waals surface area contributed by atoms with Crippen LogP contribution in [0.4, 0.5) is 0 Å². The van der Waals surface area contributed by atoms with Crippen LogP contribution in [0.5, 0.6) is 0 Å². The molecule has 1 unspecified atom stereocenters. The molecule has 2 aromatic rings. The standard InChI is InChI=1S/C25H19BrO4/c1-25(2)11-17(27)20-18(12-25)30-24-21(19(20)15-9-5-6-10-16(15)26)22(28)13-7-3-4-8-14(13)23(24)29/h3-10,19H,11-12H2,1-2H3. The van der Waals surface area contributed by atoms with Crippen LogP contribution in [0.15, 0.2) is 75.7 Å². The van der Waals surface area contributed by atoms with E-state index in [4.69, 9.17) is 4.74 Å². The second-order valence-electron chi connectivity index (χ2n) is 8.78. The van der Waals surface area contributed by atoms with Crippen LogP contribution in [-0.4, -0.2) is 17.3 Å². The van der Waals surface area contributed by atoms with E-state index in [1.165, 1.54) is 0 Å². The van der Waals surface area contributed by atoms with Gasteiger partial charge in [-0.1, -0.05) is 72.2 Å². The summed E-state index contributed by atoms with van der Waals surface area (Å²) < 4.78 is 6.87. The summed E-state index contributed by atoms with van der Waals surface area (Å²) >= 11 is 3.58. The lowest BCUT2D eigenvalue weighted by Crippen LogP contribution is -2.37. The van der Waals surface area contributed by atoms with E-state index in [-0.39, 0.29) is 34.1 Å². The van der Waals surface area contributed by atoms with Crippen LogP contribution in [-0.2, 0) is 9.53 Å². The molecule has 1 atom stereocenters. The van der Waals surface area contributed by atoms with Gasteiger partial charge in [0.25, 0.3) is 0 Å². The van der Waals surface area contributed by atoms with Crippen molar-refractivity contribution in [2.45, 2.75) is 32.6 Å². The summed E-state index contributed by atoms with van der Waals surface area (Å²) in [6.45, 7) is 4.02. The summed E-state index contributed by atoms with van der Waals surface area (Å²) in [6.07, 6.45) is 0.909. The molecule has 5 heteroatoms. The molecule has 30 heavy (non-hydrogen) atoms. The van der Waals surface area contributed by atoms with E-state index in [9.17, 15) is 14.4 Å². The Kier molecular flexibility index (Phi) is 4.23. The Hall–Kier alpha value is -2.79. The van der Waals surface area contributed by atoms with Gasteiger partial charge in [0.1, 0.15) is 5.76 Å². The van der Waals surface area contributed by atoms with Crippen molar-refractivity contribution in [1.29, 1.82) is 0 Å². The third-order valence-electron chi connectivity index (χ3n) is 6.01. The average molecular weight is 463 g/mol. The average Bonchev–Trinajstić information content (AvgIpc) is 2.70. The molecule has 0 radical (unpaired) electrons. The molecule has 150 valence electrons. The lowest BCUT2D eigenvalue weighted by Gasteiger charge is -2.40. The molecule has 0 saturated heterocycles. The normalized spacial score (nSPS) is 22.4. The Morgan fingerprint density at radius 1 is 0.867 bits per heavy atom. The van der Waals surface area contributed by atoms with E-state index in [1.807, 2.05) is 38.1 Å². The monoisotopic (exact) mass is 462 g/mol. The number of rotatable bonds is 1. The molecule has 2 aliphatic carbocycles. The van der Waals surface area contributed by atoms with Gasteiger partial charge in [0, 0.05) is 39.9 Å². The summed E-state index contributed by atoms with van der Waals surface area (Å²) in [4.78, 5) is 40.2. The summed E-state index contributed by atoms with van der Waals surface area (Å²) in [7, 11) is 0. The molecular weight excluding hydrogens is 444 g/mol. The minimum absolute atomic E-state index is 0.0346. The van der Waals surface area contributed by atoms with Gasteiger partial charge >= 0.3 is 0 Å². The molecule has 0 aromatic heterocycles. The van der Waals surface area contributed by atoms with Crippen molar-refractivity contribution in [2.75, 3.05) is 0 Å². The number of hydrogen-bond acceptors (Lipinski definition) is 4. The molecular formula is C25H19BrO4. The van der Waals surface area contributed by atoms with Gasteiger partial charge < -0.3 is 4.74 Å². The summed E-state index contributed by atoms with van der Waals surface area (Å²) in [5.41, 5.74) is 1.98. The second kappa shape index (κ2) is 6.61. The van der Waals surface area contributed by atoms with Crippen molar-refractivity contribution in [3.8, 4) is 0 Å². The number of allylic oxidation sites excluding steroid dienone is 4. The number of ketones is 3. The van der Waals surface area contributed by atoms with Gasteiger partial charge in [-0.2, -0.15) is 0 Å². The number of hydrogen-bond donors (Lipinski definition) is 0. The fourth-order valence-electron chi connectivity index (χ4n) is 4.71. The van der Waals surface area contributed by atoms with Gasteiger partial charge in [0.2, 0.25) is 5.78 Å². The van der Waals surface area contributed by atoms with Gasteiger partial charge in [0.05, 0.1) is 5.57 Å². The van der Waals surface area contributed by atoms with Crippen LogP contribution in [0.1, 0.15) is 58.9 Å². The highest BCUT2D eigenvalue weighted by Gasteiger charge is 2.48. The summed E-state index contributed by atoms with van der Waals surface area (Å²) in [6, 6.07) is 14.3. The Labute approximate surface area is 182 Å². The predicted octanol–water partition coefficient (Wildman–Crippen LogP) is 5.54. The van der Waals surface area contributed by atoms with Crippen molar-refractivity contribution in [2.24, 2.45) is 5.41 Å². The van der Waals surface area contributed by atoms with Crippen LogP contribution < -0.4 is 0 Å². The molecule has 3 aliphatic rings. The van der Waals surface area contributed by atoms with E-state index in [0.29, 0.717) is 35.3 Å². The lowest BCUT2D eigenvalue weighted by atomic mass is 9.67. The topological polar surface area (TPSA) is 60.4 Å². The van der Waals surface area contributed by atoms with Crippen LogP contribution in [0.2, 0.25) is 0 Å². The van der Waals surface area contributed by atoms with E-state index in [0.717, 1.165) is 10.0 Å². The van der Waals surface area contributed by atoms with E-state index < -0.39 is 5.92 Å². The molecule has 0 amide bonds. The molecule has 0 spiro atoms. The molecule has 0 N–H and O–H groups in total. The number of carbonyl (C=O) groups excluding carboxylic acids is 3. The van der Waals surface area contributed by atoms with E-state index in [2.05, 4.69) is 15.9 Å². The van der Waals surface area contributed by atoms with Gasteiger partial charge in [0.15, 0.2) is 17.3 Å². The SMILES string of the molecule is CC1(C)CC(=O)C2=C(C1)OC1=C(C(=O)c3ccccc3C1=O)C2c1ccccc1Br. The summed E-state index contributed by atoms with van der Waals surface area (Å²) in [5.74, 6) is -0.662. The smallest absolute Gasteiger partial charge is 0.229 e. The third-order valence-corrected chi connectivity index (χ3v) is 6.73. The number of ether oxygens (including phenoxy) is 1. The highest BCUT2D eigenvalue weighted by atomic mass is 79.9. The number of fused-ring (bicyclic) bond motifs is 1. The lowest BCUT2D eigenvalue weighted by molar-refractivity contribution is -0.119. The van der Waals surface area contributed by atoms with Crippen molar-refractivity contribution in [1.82, 2.24) is 0 Å². The van der Waals surface area contributed by atoms with Gasteiger partial charge in [-0.25, -0.2) is 0 Å². The molecule has 2 aromatic carbocycles. The zero-order valence-electron chi connectivity index (χ0n) is 16.6. The molecule has 1 heterocycles. The number of halogens is 1. The van der Waals surface area contributed by atoms with Gasteiger partial charge in [-0.15, -0.1) is 0 Å². The molecule has 0 bridgehead atoms. The fourth-order valence-corrected chi connectivity index (χ4v) is 5.23. The first-order valence-electron chi connectivity index (χ1n) is 9.89. The number of carbonyl (C=O) groups is 3. The molecule has 4 nitrogen and oxygen atoms in total. The molecule has 5 rings (SSSR count). The highest BCUT2D eigenvalue weighted by Crippen LogP contribution is 2.52. The first kappa shape index (κ1) is 19.2. The van der Waals surface area contributed by atoms with Crippen molar-refractivity contribution in [3.63, 3.8) is 0 Å². The summed E-state index contributed by atoms with van der Waals surface area (Å²) in [5, 5.41) is 0. The van der Waals surface area contributed by atoms with Crippen LogP contribution >= 0.6 is 15.9 Å². The van der Waals surface area contributed by atoms with Gasteiger partial charge in [-0.3, -0.25) is 14.4 Å². The molecule has 1 aliphatic heterocycles. The van der Waals surface area contributed by atoms with Crippen LogP contribution in [0, 0.1) is 5.41 Å². The second-order valence-corrected chi connectivity index (χ2v) is 9.64. The fraction of sp³-hybridized carbons (Fsp3) is 0.240. The van der Waals surface area contributed by atoms with Gasteiger partial charge in [-0.05, 0) is 17.0 Å². The minimum Gasteiger partial charge on any atom is -0.457 e. The quantitative estimate of drug-likeness (QED) is 0.557. The Bertz CT molecular complexity index is 1220. The first-order chi connectivity index (χ1) is 14.3. The zero-order valence-corrected chi connectivity index (χ0v) is 18.2. The first-order valence-corrected chi connectivity index (χ1v) is 10.7. The minimum atomic E-state index is -0.632. The maximum Gasteiger partial charge on any atom is 0.229 e. The van der Waals surface area contributed by atoms with Crippen molar-refractivity contribution in [3.05, 3.63) is 92.4 Å². The Morgan fingerprint density at radius 3 is 2.20 bits per heavy atom. The third kappa shape index (κ3) is 2.76. The van der Waals surface area contributed by atoms with Crippen LogP contribution in [0.25, 0.3) is 0 Å². The highest BCUT2D eigenvalue weighted by molar-refractivity contribution is 9.10. The predicted molar refractivity (Wildman–Crippen MR) is 115 cm³/mol. The maximum absolute atomic E-state index is 13.6.